The topological polar surface area (TPSA) is 12.0 Å². The van der Waals surface area contributed by atoms with Crippen LogP contribution in [0.25, 0.3) is 0 Å². The van der Waals surface area contributed by atoms with E-state index in [4.69, 9.17) is 11.6 Å². The Morgan fingerprint density at radius 1 is 1.14 bits per heavy atom. The molecule has 21 heavy (non-hydrogen) atoms. The third kappa shape index (κ3) is 5.42. The minimum Gasteiger partial charge on any atom is -0.314 e. The van der Waals surface area contributed by atoms with Gasteiger partial charge in [0.15, 0.2) is 0 Å². The summed E-state index contributed by atoms with van der Waals surface area (Å²) in [5, 5.41) is 4.20. The monoisotopic (exact) mass is 369 g/mol. The smallest absolute Gasteiger partial charge is 0.124 e. The fourth-order valence-electron chi connectivity index (χ4n) is 2.47. The Balaban J connectivity index is 2.11. The van der Waals surface area contributed by atoms with Crippen molar-refractivity contribution in [2.75, 3.05) is 6.54 Å². The van der Waals surface area contributed by atoms with Crippen molar-refractivity contribution in [3.05, 3.63) is 68.9 Å². The lowest BCUT2D eigenvalue weighted by Crippen LogP contribution is -2.33. The zero-order chi connectivity index (χ0) is 15.2. The minimum atomic E-state index is -0.211. The van der Waals surface area contributed by atoms with Crippen molar-refractivity contribution in [2.24, 2.45) is 0 Å². The van der Waals surface area contributed by atoms with Crippen molar-refractivity contribution in [2.45, 2.75) is 25.8 Å². The predicted octanol–water partition coefficient (Wildman–Crippen LogP) is 5.00. The maximum atomic E-state index is 13.5. The van der Waals surface area contributed by atoms with E-state index >= 15 is 0 Å². The molecular weight excluding hydrogens is 353 g/mol. The van der Waals surface area contributed by atoms with Crippen LogP contribution < -0.4 is 5.32 Å². The molecule has 1 atom stereocenters. The zero-order valence-corrected chi connectivity index (χ0v) is 14.2. The molecule has 0 aromatic heterocycles. The van der Waals surface area contributed by atoms with Crippen molar-refractivity contribution in [3.8, 4) is 0 Å². The largest absolute Gasteiger partial charge is 0.314 e. The first-order valence-corrected chi connectivity index (χ1v) is 8.16. The Hall–Kier alpha value is -0.900. The van der Waals surface area contributed by atoms with Gasteiger partial charge in [0.2, 0.25) is 0 Å². The maximum Gasteiger partial charge on any atom is 0.124 e. The molecule has 0 aliphatic rings. The van der Waals surface area contributed by atoms with Crippen LogP contribution in [0.4, 0.5) is 4.39 Å². The van der Waals surface area contributed by atoms with Crippen LogP contribution in [-0.2, 0) is 12.8 Å². The first-order valence-electron chi connectivity index (χ1n) is 6.99. The van der Waals surface area contributed by atoms with E-state index in [1.54, 1.807) is 6.07 Å². The van der Waals surface area contributed by atoms with Crippen LogP contribution in [0, 0.1) is 5.82 Å². The van der Waals surface area contributed by atoms with Gasteiger partial charge in [-0.2, -0.15) is 0 Å². The highest BCUT2D eigenvalue weighted by Gasteiger charge is 2.11. The van der Waals surface area contributed by atoms with Crippen LogP contribution >= 0.6 is 27.5 Å². The molecule has 1 unspecified atom stereocenters. The van der Waals surface area contributed by atoms with Crippen LogP contribution in [0.1, 0.15) is 18.1 Å². The van der Waals surface area contributed by atoms with E-state index < -0.39 is 0 Å². The molecule has 0 saturated heterocycles. The zero-order valence-electron chi connectivity index (χ0n) is 11.9. The van der Waals surface area contributed by atoms with Gasteiger partial charge in [-0.25, -0.2) is 4.39 Å². The Morgan fingerprint density at radius 2 is 1.90 bits per heavy atom. The molecule has 0 heterocycles. The summed E-state index contributed by atoms with van der Waals surface area (Å²) < 4.78 is 14.2. The minimum absolute atomic E-state index is 0.211. The van der Waals surface area contributed by atoms with Crippen LogP contribution in [0.5, 0.6) is 0 Å². The molecular formula is C17H18BrClFN. The molecule has 4 heteroatoms. The highest BCUT2D eigenvalue weighted by molar-refractivity contribution is 9.10. The van der Waals surface area contributed by atoms with Gasteiger partial charge < -0.3 is 5.32 Å². The highest BCUT2D eigenvalue weighted by Crippen LogP contribution is 2.18. The van der Waals surface area contributed by atoms with Gasteiger partial charge in [0.25, 0.3) is 0 Å². The molecule has 0 amide bonds. The van der Waals surface area contributed by atoms with E-state index in [0.717, 1.165) is 34.4 Å². The van der Waals surface area contributed by atoms with Crippen LogP contribution in [0.3, 0.4) is 0 Å². The van der Waals surface area contributed by atoms with Crippen molar-refractivity contribution >= 4 is 27.5 Å². The van der Waals surface area contributed by atoms with E-state index in [2.05, 4.69) is 34.2 Å². The second-order valence-corrected chi connectivity index (χ2v) is 6.42. The number of benzene rings is 2. The molecule has 1 nitrogen and oxygen atoms in total. The summed E-state index contributed by atoms with van der Waals surface area (Å²) in [6, 6.07) is 13.2. The third-order valence-electron chi connectivity index (χ3n) is 3.27. The fraction of sp³-hybridized carbons (Fsp3) is 0.294. The second-order valence-electron chi connectivity index (χ2n) is 5.07. The number of hydrogen-bond acceptors (Lipinski definition) is 1. The average molecular weight is 371 g/mol. The first-order chi connectivity index (χ1) is 10.1. The number of likely N-dealkylation sites (N-methyl/N-ethyl adjacent to an activating group) is 1. The van der Waals surface area contributed by atoms with E-state index in [1.165, 1.54) is 11.6 Å². The second kappa shape index (κ2) is 7.92. The summed E-state index contributed by atoms with van der Waals surface area (Å²) in [5.74, 6) is -0.211. The van der Waals surface area contributed by atoms with Gasteiger partial charge in [-0.05, 0) is 60.8 Å². The van der Waals surface area contributed by atoms with E-state index in [-0.39, 0.29) is 11.9 Å². The van der Waals surface area contributed by atoms with Gasteiger partial charge in [0.05, 0.1) is 0 Å². The quantitative estimate of drug-likeness (QED) is 0.754. The molecule has 0 aliphatic carbocycles. The Morgan fingerprint density at radius 3 is 2.57 bits per heavy atom. The number of halogens is 3. The van der Waals surface area contributed by atoms with Gasteiger partial charge in [0, 0.05) is 15.5 Å². The molecule has 0 aliphatic heterocycles. The summed E-state index contributed by atoms with van der Waals surface area (Å²) in [6.07, 6.45) is 1.64. The normalized spacial score (nSPS) is 12.4. The summed E-state index contributed by atoms with van der Waals surface area (Å²) in [4.78, 5) is 0. The van der Waals surface area contributed by atoms with Gasteiger partial charge >= 0.3 is 0 Å². The fourth-order valence-corrected chi connectivity index (χ4v) is 3.19. The maximum absolute atomic E-state index is 13.5. The molecule has 0 bridgehead atoms. The molecule has 112 valence electrons. The van der Waals surface area contributed by atoms with Crippen LogP contribution in [0.15, 0.2) is 46.9 Å². The Kier molecular flexibility index (Phi) is 6.22. The number of rotatable bonds is 6. The lowest BCUT2D eigenvalue weighted by Gasteiger charge is -2.18. The average Bonchev–Trinajstić information content (AvgIpc) is 2.37. The summed E-state index contributed by atoms with van der Waals surface area (Å²) in [6.45, 7) is 2.95. The van der Waals surface area contributed by atoms with Crippen LogP contribution in [0.2, 0.25) is 5.02 Å². The molecule has 1 N–H and O–H groups in total. The lowest BCUT2D eigenvalue weighted by atomic mass is 9.99. The summed E-state index contributed by atoms with van der Waals surface area (Å²) >= 11 is 9.37. The molecule has 0 spiro atoms. The lowest BCUT2D eigenvalue weighted by molar-refractivity contribution is 0.519. The van der Waals surface area contributed by atoms with Crippen molar-refractivity contribution < 1.29 is 4.39 Å². The van der Waals surface area contributed by atoms with Crippen molar-refractivity contribution in [1.29, 1.82) is 0 Å². The van der Waals surface area contributed by atoms with E-state index in [0.29, 0.717) is 0 Å². The number of nitrogens with one attached hydrogen (secondary N) is 1. The van der Waals surface area contributed by atoms with Gasteiger partial charge in [0.1, 0.15) is 5.82 Å². The Bertz CT molecular complexity index is 583. The number of hydrogen-bond donors (Lipinski definition) is 1. The molecule has 0 saturated carbocycles. The summed E-state index contributed by atoms with van der Waals surface area (Å²) in [7, 11) is 0. The van der Waals surface area contributed by atoms with Crippen LogP contribution in [-0.4, -0.2) is 12.6 Å². The highest BCUT2D eigenvalue weighted by atomic mass is 79.9. The third-order valence-corrected chi connectivity index (χ3v) is 3.96. The molecule has 2 rings (SSSR count). The van der Waals surface area contributed by atoms with Gasteiger partial charge in [-0.15, -0.1) is 0 Å². The molecule has 2 aromatic rings. The molecule has 0 radical (unpaired) electrons. The van der Waals surface area contributed by atoms with E-state index in [1.807, 2.05) is 24.3 Å². The standard InChI is InChI=1S/C17H18BrClFN/c1-2-21-17(9-12-4-3-5-15(19)7-12)10-13-6-14(18)11-16(20)8-13/h3-8,11,17,21H,2,9-10H2,1H3. The Labute approximate surface area is 138 Å². The van der Waals surface area contributed by atoms with Gasteiger partial charge in [-0.3, -0.25) is 0 Å². The molecule has 0 fully saturated rings. The van der Waals surface area contributed by atoms with Gasteiger partial charge in [-0.1, -0.05) is 46.6 Å². The summed E-state index contributed by atoms with van der Waals surface area (Å²) in [5.41, 5.74) is 2.17. The van der Waals surface area contributed by atoms with Crippen molar-refractivity contribution in [3.63, 3.8) is 0 Å². The molecule has 2 aromatic carbocycles. The predicted molar refractivity (Wildman–Crippen MR) is 90.4 cm³/mol. The van der Waals surface area contributed by atoms with Crippen molar-refractivity contribution in [1.82, 2.24) is 5.32 Å². The first kappa shape index (κ1) is 16.5. The SMILES string of the molecule is CCNC(Cc1cccc(Cl)c1)Cc1cc(F)cc(Br)c1. The van der Waals surface area contributed by atoms with E-state index in [9.17, 15) is 4.39 Å².